The Morgan fingerprint density at radius 3 is 2.00 bits per heavy atom. The topological polar surface area (TPSA) is 55.6 Å². The average molecular weight is 575 g/mol. The van der Waals surface area contributed by atoms with Crippen LogP contribution in [0.2, 0.25) is 5.02 Å². The molecule has 0 aliphatic rings. The highest BCUT2D eigenvalue weighted by Crippen LogP contribution is 2.28. The number of carbonyl (C=O) groups is 1. The second kappa shape index (κ2) is 16.8. The Morgan fingerprint density at radius 1 is 0.875 bits per heavy atom. The average Bonchev–Trinajstić information content (AvgIpc) is 2.97. The molecule has 210 valence electrons. The normalized spacial score (nSPS) is 10.8. The summed E-state index contributed by atoms with van der Waals surface area (Å²) in [6.45, 7) is 7.09. The first-order valence-corrected chi connectivity index (χ1v) is 14.6. The molecule has 0 unspecified atom stereocenters. The maximum atomic E-state index is 11.2. The molecule has 0 spiro atoms. The van der Waals surface area contributed by atoms with Crippen LogP contribution in [0, 0.1) is 0 Å². The molecular weight excluding hydrogens is 536 g/mol. The number of primary amides is 1. The lowest BCUT2D eigenvalue weighted by atomic mass is 9.90. The molecule has 2 N–H and O–H groups in total. The number of nitrogens with two attached hydrogens (primary N) is 1. The number of nitrogens with zero attached hydrogens (tertiary/aromatic N) is 1. The van der Waals surface area contributed by atoms with Crippen LogP contribution in [0.1, 0.15) is 48.4 Å². The first kappa shape index (κ1) is 31.3. The van der Waals surface area contributed by atoms with Gasteiger partial charge in [0.1, 0.15) is 5.75 Å². The van der Waals surface area contributed by atoms with Crippen molar-refractivity contribution < 1.29 is 9.53 Å². The minimum Gasteiger partial charge on any atom is -0.492 e. The molecule has 0 aromatic heterocycles. The molecule has 0 atom stereocenters. The number of carbonyl (C=O) groups excluding carboxylic acids is 1. The molecule has 4 aromatic rings. The lowest BCUT2D eigenvalue weighted by Crippen LogP contribution is -2.30. The summed E-state index contributed by atoms with van der Waals surface area (Å²) in [6, 6.07) is 35.1. The summed E-state index contributed by atoms with van der Waals surface area (Å²) in [4.78, 5) is 14.6. The van der Waals surface area contributed by atoms with Crippen molar-refractivity contribution in [2.24, 2.45) is 5.73 Å². The molecule has 4 nitrogen and oxygen atoms in total. The van der Waals surface area contributed by atoms with E-state index in [0.29, 0.717) is 17.4 Å². The summed E-state index contributed by atoms with van der Waals surface area (Å²) in [5.41, 5.74) is 9.91. The van der Waals surface area contributed by atoms with Gasteiger partial charge in [-0.05, 0) is 52.9 Å². The number of ether oxygens (including phenoxy) is 1. The number of amides is 1. The fourth-order valence-corrected chi connectivity index (χ4v) is 4.98. The van der Waals surface area contributed by atoms with Crippen molar-refractivity contribution in [3.63, 3.8) is 0 Å². The molecule has 1 amide bonds. The molecule has 40 heavy (non-hydrogen) atoms. The predicted octanol–water partition coefficient (Wildman–Crippen LogP) is 7.79. The first-order chi connectivity index (χ1) is 19.5. The summed E-state index contributed by atoms with van der Waals surface area (Å²) in [5.74, 6) is 0.472. The van der Waals surface area contributed by atoms with E-state index in [0.717, 1.165) is 36.5 Å². The van der Waals surface area contributed by atoms with E-state index in [1.807, 2.05) is 32.0 Å². The predicted molar refractivity (Wildman–Crippen MR) is 170 cm³/mol. The molecule has 0 aliphatic heterocycles. The minimum atomic E-state index is -0.386. The van der Waals surface area contributed by atoms with Gasteiger partial charge in [0.25, 0.3) is 0 Å². The monoisotopic (exact) mass is 574 g/mol. The van der Waals surface area contributed by atoms with Crippen LogP contribution in [-0.4, -0.2) is 30.5 Å². The summed E-state index contributed by atoms with van der Waals surface area (Å²) < 4.78 is 6.00. The number of hydrogen-bond donors (Lipinski definition) is 2. The Hall–Kier alpha value is -3.25. The van der Waals surface area contributed by atoms with Crippen LogP contribution in [0.25, 0.3) is 0 Å². The van der Waals surface area contributed by atoms with Crippen molar-refractivity contribution in [2.45, 2.75) is 44.0 Å². The standard InChI is InChI=1S/C32H33ClN2O2S.C2H6/c33-30-20-25(21-32(34)36)14-17-31(30)37-19-7-18-35(22-24-12-15-28(38)16-13-24)23-29(26-8-3-1-4-9-26)27-10-5-2-6-11-27;1-2/h1-6,8-17,20,29,38H,7,18-19,21-23H2,(H2,34,36);1-2H3. The Bertz CT molecular complexity index is 1260. The largest absolute Gasteiger partial charge is 0.492 e. The summed E-state index contributed by atoms with van der Waals surface area (Å²) in [7, 11) is 0. The van der Waals surface area contributed by atoms with Gasteiger partial charge in [0.15, 0.2) is 0 Å². The molecule has 0 bridgehead atoms. The van der Waals surface area contributed by atoms with Gasteiger partial charge in [-0.1, -0.05) is 104 Å². The van der Waals surface area contributed by atoms with Crippen LogP contribution in [0.4, 0.5) is 0 Å². The van der Waals surface area contributed by atoms with Crippen molar-refractivity contribution in [1.29, 1.82) is 0 Å². The Labute approximate surface area is 249 Å². The van der Waals surface area contributed by atoms with Crippen molar-refractivity contribution in [3.8, 4) is 5.75 Å². The molecule has 4 rings (SSSR count). The highest BCUT2D eigenvalue weighted by atomic mass is 35.5. The van der Waals surface area contributed by atoms with E-state index in [1.54, 1.807) is 12.1 Å². The van der Waals surface area contributed by atoms with E-state index in [1.165, 1.54) is 16.7 Å². The van der Waals surface area contributed by atoms with Crippen molar-refractivity contribution >= 4 is 30.1 Å². The molecule has 0 fully saturated rings. The lowest BCUT2D eigenvalue weighted by Gasteiger charge is -2.28. The molecular formula is C34H39ClN2O2S. The Kier molecular flexibility index (Phi) is 13.1. The van der Waals surface area contributed by atoms with Crippen molar-refractivity contribution in [3.05, 3.63) is 130 Å². The van der Waals surface area contributed by atoms with E-state index >= 15 is 0 Å². The summed E-state index contributed by atoms with van der Waals surface area (Å²) in [6.07, 6.45) is 0.994. The van der Waals surface area contributed by atoms with Gasteiger partial charge >= 0.3 is 0 Å². The number of benzene rings is 4. The van der Waals surface area contributed by atoms with Crippen LogP contribution < -0.4 is 10.5 Å². The van der Waals surface area contributed by atoms with E-state index in [9.17, 15) is 4.79 Å². The van der Waals surface area contributed by atoms with Gasteiger partial charge in [-0.3, -0.25) is 9.69 Å². The zero-order chi connectivity index (χ0) is 28.7. The number of rotatable bonds is 13. The highest BCUT2D eigenvalue weighted by molar-refractivity contribution is 7.80. The maximum absolute atomic E-state index is 11.2. The van der Waals surface area contributed by atoms with Crippen LogP contribution in [0.5, 0.6) is 5.75 Å². The van der Waals surface area contributed by atoms with E-state index in [4.69, 9.17) is 22.1 Å². The third-order valence-electron chi connectivity index (χ3n) is 6.44. The van der Waals surface area contributed by atoms with Crippen LogP contribution in [0.15, 0.2) is 108 Å². The zero-order valence-electron chi connectivity index (χ0n) is 23.3. The first-order valence-electron chi connectivity index (χ1n) is 13.8. The number of hydrogen-bond acceptors (Lipinski definition) is 4. The molecule has 0 heterocycles. The van der Waals surface area contributed by atoms with Gasteiger partial charge in [0.05, 0.1) is 18.1 Å². The quantitative estimate of drug-likeness (QED) is 0.127. The fourth-order valence-electron chi connectivity index (χ4n) is 4.57. The molecule has 0 radical (unpaired) electrons. The van der Waals surface area contributed by atoms with E-state index < -0.39 is 0 Å². The molecule has 4 aromatic carbocycles. The summed E-state index contributed by atoms with van der Waals surface area (Å²) in [5, 5.41) is 0.487. The van der Waals surface area contributed by atoms with Gasteiger partial charge in [-0.15, -0.1) is 12.6 Å². The number of halogens is 1. The molecule has 0 aliphatic carbocycles. The number of thiol groups is 1. The smallest absolute Gasteiger partial charge is 0.221 e. The van der Waals surface area contributed by atoms with Crippen LogP contribution in [-0.2, 0) is 17.8 Å². The van der Waals surface area contributed by atoms with E-state index in [2.05, 4.69) is 90.3 Å². The molecule has 0 saturated heterocycles. The third-order valence-corrected chi connectivity index (χ3v) is 7.03. The lowest BCUT2D eigenvalue weighted by molar-refractivity contribution is -0.117. The minimum absolute atomic E-state index is 0.160. The third kappa shape index (κ3) is 10.1. The summed E-state index contributed by atoms with van der Waals surface area (Å²) >= 11 is 10.8. The maximum Gasteiger partial charge on any atom is 0.221 e. The second-order valence-corrected chi connectivity index (χ2v) is 10.3. The van der Waals surface area contributed by atoms with Crippen LogP contribution >= 0.6 is 24.2 Å². The molecule has 6 heteroatoms. The fraction of sp³-hybridized carbons (Fsp3) is 0.265. The van der Waals surface area contributed by atoms with Crippen molar-refractivity contribution in [2.75, 3.05) is 19.7 Å². The zero-order valence-corrected chi connectivity index (χ0v) is 25.0. The Morgan fingerprint density at radius 2 is 1.45 bits per heavy atom. The van der Waals surface area contributed by atoms with Gasteiger partial charge in [-0.2, -0.15) is 0 Å². The highest BCUT2D eigenvalue weighted by Gasteiger charge is 2.19. The SMILES string of the molecule is CC.NC(=O)Cc1ccc(OCCCN(Cc2ccc(S)cc2)CC(c2ccccc2)c2ccccc2)c(Cl)c1. The second-order valence-electron chi connectivity index (χ2n) is 9.39. The Balaban J connectivity index is 0.00000216. The van der Waals surface area contributed by atoms with Crippen molar-refractivity contribution in [1.82, 2.24) is 4.90 Å². The molecule has 0 saturated carbocycles. The van der Waals surface area contributed by atoms with Gasteiger partial charge < -0.3 is 10.5 Å². The van der Waals surface area contributed by atoms with Crippen LogP contribution in [0.3, 0.4) is 0 Å². The van der Waals surface area contributed by atoms with E-state index in [-0.39, 0.29) is 18.2 Å². The van der Waals surface area contributed by atoms with Gasteiger partial charge in [0, 0.05) is 30.4 Å². The van der Waals surface area contributed by atoms with Gasteiger partial charge in [-0.25, -0.2) is 0 Å². The van der Waals surface area contributed by atoms with Gasteiger partial charge in [0.2, 0.25) is 5.91 Å².